The number of nitrogens with one attached hydrogen (secondary N) is 1. The molecule has 4 N–H and O–H groups in total. The Labute approximate surface area is 118 Å². The summed E-state index contributed by atoms with van der Waals surface area (Å²) in [5.74, 6) is 0. The number of primary sulfonamides is 1. The monoisotopic (exact) mass is 292 g/mol. The SMILES string of the molecule is NS(=O)(=O)c1ccccc1NCc1cccc(CO)c1. The number of rotatable bonds is 5. The van der Waals surface area contributed by atoms with Gasteiger partial charge in [-0.2, -0.15) is 0 Å². The minimum absolute atomic E-state index is 0.0262. The molecule has 2 aromatic rings. The molecule has 2 rings (SSSR count). The van der Waals surface area contributed by atoms with Gasteiger partial charge >= 0.3 is 0 Å². The van der Waals surface area contributed by atoms with E-state index in [1.54, 1.807) is 18.2 Å². The Kier molecular flexibility index (Phi) is 4.39. The minimum atomic E-state index is -3.75. The van der Waals surface area contributed by atoms with Crippen LogP contribution in [0.2, 0.25) is 0 Å². The van der Waals surface area contributed by atoms with E-state index in [2.05, 4.69) is 5.32 Å². The highest BCUT2D eigenvalue weighted by atomic mass is 32.2. The molecule has 5 nitrogen and oxygen atoms in total. The second-order valence-electron chi connectivity index (χ2n) is 4.37. The first-order valence-electron chi connectivity index (χ1n) is 6.05. The Morgan fingerprint density at radius 2 is 1.75 bits per heavy atom. The lowest BCUT2D eigenvalue weighted by molar-refractivity contribution is 0.281. The fourth-order valence-electron chi connectivity index (χ4n) is 1.90. The molecule has 0 aliphatic heterocycles. The minimum Gasteiger partial charge on any atom is -0.392 e. The van der Waals surface area contributed by atoms with Crippen LogP contribution in [-0.4, -0.2) is 13.5 Å². The molecule has 106 valence electrons. The van der Waals surface area contributed by atoms with Gasteiger partial charge in [0, 0.05) is 6.54 Å². The largest absolute Gasteiger partial charge is 0.392 e. The van der Waals surface area contributed by atoms with E-state index in [9.17, 15) is 8.42 Å². The van der Waals surface area contributed by atoms with E-state index in [0.29, 0.717) is 12.2 Å². The van der Waals surface area contributed by atoms with Gasteiger partial charge < -0.3 is 10.4 Å². The number of nitrogens with two attached hydrogens (primary N) is 1. The third-order valence-corrected chi connectivity index (χ3v) is 3.82. The predicted molar refractivity (Wildman–Crippen MR) is 77.5 cm³/mol. The van der Waals surface area contributed by atoms with Crippen molar-refractivity contribution >= 4 is 15.7 Å². The van der Waals surface area contributed by atoms with Gasteiger partial charge in [0.1, 0.15) is 4.90 Å². The van der Waals surface area contributed by atoms with Gasteiger partial charge in [-0.3, -0.25) is 0 Å². The van der Waals surface area contributed by atoms with Gasteiger partial charge in [-0.15, -0.1) is 0 Å². The van der Waals surface area contributed by atoms with E-state index >= 15 is 0 Å². The number of aliphatic hydroxyl groups is 1. The lowest BCUT2D eigenvalue weighted by atomic mass is 10.1. The second kappa shape index (κ2) is 6.04. The van der Waals surface area contributed by atoms with Crippen molar-refractivity contribution in [2.45, 2.75) is 18.0 Å². The third-order valence-electron chi connectivity index (χ3n) is 2.85. The number of sulfonamides is 1. The topological polar surface area (TPSA) is 92.4 Å². The number of aliphatic hydroxyl groups excluding tert-OH is 1. The molecule has 0 unspecified atom stereocenters. The Hall–Kier alpha value is -1.89. The first-order valence-corrected chi connectivity index (χ1v) is 7.60. The van der Waals surface area contributed by atoms with Crippen LogP contribution >= 0.6 is 0 Å². The summed E-state index contributed by atoms with van der Waals surface area (Å²) < 4.78 is 22.9. The summed E-state index contributed by atoms with van der Waals surface area (Å²) in [6.07, 6.45) is 0. The highest BCUT2D eigenvalue weighted by molar-refractivity contribution is 7.89. The molecule has 0 spiro atoms. The van der Waals surface area contributed by atoms with E-state index in [4.69, 9.17) is 10.2 Å². The lowest BCUT2D eigenvalue weighted by Crippen LogP contribution is -2.15. The lowest BCUT2D eigenvalue weighted by Gasteiger charge is -2.11. The zero-order valence-electron chi connectivity index (χ0n) is 10.8. The zero-order valence-corrected chi connectivity index (χ0v) is 11.6. The first-order chi connectivity index (χ1) is 9.50. The van der Waals surface area contributed by atoms with Crippen molar-refractivity contribution < 1.29 is 13.5 Å². The maximum Gasteiger partial charge on any atom is 0.240 e. The molecule has 0 heterocycles. The highest BCUT2D eigenvalue weighted by Crippen LogP contribution is 2.20. The molecular weight excluding hydrogens is 276 g/mol. The summed E-state index contributed by atoms with van der Waals surface area (Å²) in [5, 5.41) is 17.3. The van der Waals surface area contributed by atoms with Crippen LogP contribution < -0.4 is 10.5 Å². The smallest absolute Gasteiger partial charge is 0.240 e. The quantitative estimate of drug-likeness (QED) is 0.777. The molecule has 6 heteroatoms. The maximum absolute atomic E-state index is 11.5. The van der Waals surface area contributed by atoms with Crippen LogP contribution in [0.1, 0.15) is 11.1 Å². The molecule has 0 saturated heterocycles. The van der Waals surface area contributed by atoms with Crippen LogP contribution in [0.15, 0.2) is 53.4 Å². The van der Waals surface area contributed by atoms with Crippen molar-refractivity contribution in [1.29, 1.82) is 0 Å². The number of hydrogen-bond donors (Lipinski definition) is 3. The van der Waals surface area contributed by atoms with E-state index in [-0.39, 0.29) is 11.5 Å². The van der Waals surface area contributed by atoms with Crippen LogP contribution in [0.3, 0.4) is 0 Å². The van der Waals surface area contributed by atoms with Gasteiger partial charge in [0.2, 0.25) is 10.0 Å². The summed E-state index contributed by atoms with van der Waals surface area (Å²) in [6, 6.07) is 13.9. The molecular formula is C14H16N2O3S. The third kappa shape index (κ3) is 3.57. The van der Waals surface area contributed by atoms with Crippen LogP contribution in [0.4, 0.5) is 5.69 Å². The van der Waals surface area contributed by atoms with E-state index < -0.39 is 10.0 Å². The van der Waals surface area contributed by atoms with Gasteiger partial charge in [-0.05, 0) is 23.3 Å². The molecule has 0 aromatic heterocycles. The summed E-state index contributed by atoms with van der Waals surface area (Å²) in [6.45, 7) is 0.419. The molecule has 0 atom stereocenters. The van der Waals surface area contributed by atoms with E-state index in [0.717, 1.165) is 11.1 Å². The Balaban J connectivity index is 2.19. The van der Waals surface area contributed by atoms with Gasteiger partial charge in [-0.25, -0.2) is 13.6 Å². The van der Waals surface area contributed by atoms with Gasteiger partial charge in [-0.1, -0.05) is 36.4 Å². The first kappa shape index (κ1) is 14.5. The molecule has 0 aliphatic carbocycles. The average Bonchev–Trinajstić information content (AvgIpc) is 2.44. The molecule has 0 aliphatic rings. The fraction of sp³-hybridized carbons (Fsp3) is 0.143. The normalized spacial score (nSPS) is 11.3. The predicted octanol–water partition coefficient (Wildman–Crippen LogP) is 1.44. The van der Waals surface area contributed by atoms with Gasteiger partial charge in [0.15, 0.2) is 0 Å². The van der Waals surface area contributed by atoms with Crippen LogP contribution in [-0.2, 0) is 23.2 Å². The molecule has 0 bridgehead atoms. The molecule has 20 heavy (non-hydrogen) atoms. The van der Waals surface area contributed by atoms with Crippen LogP contribution in [0, 0.1) is 0 Å². The average molecular weight is 292 g/mol. The van der Waals surface area contributed by atoms with Gasteiger partial charge in [0.25, 0.3) is 0 Å². The number of para-hydroxylation sites is 1. The second-order valence-corrected chi connectivity index (χ2v) is 5.90. The Morgan fingerprint density at radius 3 is 2.45 bits per heavy atom. The molecule has 0 fully saturated rings. The number of benzene rings is 2. The van der Waals surface area contributed by atoms with Crippen molar-refractivity contribution in [3.63, 3.8) is 0 Å². The molecule has 2 aromatic carbocycles. The van der Waals surface area contributed by atoms with Gasteiger partial charge in [0.05, 0.1) is 12.3 Å². The van der Waals surface area contributed by atoms with Crippen molar-refractivity contribution in [2.24, 2.45) is 5.14 Å². The summed E-state index contributed by atoms with van der Waals surface area (Å²) in [5.41, 5.74) is 2.22. The summed E-state index contributed by atoms with van der Waals surface area (Å²) in [7, 11) is -3.75. The highest BCUT2D eigenvalue weighted by Gasteiger charge is 2.12. The fourth-order valence-corrected chi connectivity index (χ4v) is 2.61. The maximum atomic E-state index is 11.5. The number of hydrogen-bond acceptors (Lipinski definition) is 4. The van der Waals surface area contributed by atoms with Crippen molar-refractivity contribution in [3.05, 3.63) is 59.7 Å². The van der Waals surface area contributed by atoms with Crippen molar-refractivity contribution in [3.8, 4) is 0 Å². The van der Waals surface area contributed by atoms with Crippen LogP contribution in [0.5, 0.6) is 0 Å². The number of anilines is 1. The van der Waals surface area contributed by atoms with E-state index in [1.807, 2.05) is 24.3 Å². The zero-order chi connectivity index (χ0) is 14.6. The van der Waals surface area contributed by atoms with Crippen molar-refractivity contribution in [2.75, 3.05) is 5.32 Å². The van der Waals surface area contributed by atoms with E-state index in [1.165, 1.54) is 6.07 Å². The molecule has 0 saturated carbocycles. The Morgan fingerprint density at radius 1 is 1.05 bits per heavy atom. The molecule has 0 radical (unpaired) electrons. The summed E-state index contributed by atoms with van der Waals surface area (Å²) in [4.78, 5) is 0.0679. The standard InChI is InChI=1S/C14H16N2O3S/c15-20(18,19)14-7-2-1-6-13(14)16-9-11-4-3-5-12(8-11)10-17/h1-8,16-17H,9-10H2,(H2,15,18,19). The van der Waals surface area contributed by atoms with Crippen molar-refractivity contribution in [1.82, 2.24) is 0 Å². The van der Waals surface area contributed by atoms with Crippen LogP contribution in [0.25, 0.3) is 0 Å². The molecule has 0 amide bonds. The summed E-state index contributed by atoms with van der Waals surface area (Å²) >= 11 is 0. The Bertz CT molecular complexity index is 699.